The van der Waals surface area contributed by atoms with E-state index < -0.39 is 54.6 Å². The van der Waals surface area contributed by atoms with Gasteiger partial charge in [0.05, 0.1) is 5.52 Å². The lowest BCUT2D eigenvalue weighted by molar-refractivity contribution is -0.288. The van der Waals surface area contributed by atoms with E-state index in [0.717, 1.165) is 20.8 Å². The second kappa shape index (κ2) is 10.9. The molecule has 11 nitrogen and oxygen atoms in total. The Hall–Kier alpha value is -3.73. The van der Waals surface area contributed by atoms with Crippen molar-refractivity contribution in [2.24, 2.45) is 0 Å². The van der Waals surface area contributed by atoms with Gasteiger partial charge in [0.1, 0.15) is 18.5 Å². The van der Waals surface area contributed by atoms with E-state index in [0.29, 0.717) is 16.7 Å². The lowest BCUT2D eigenvalue weighted by atomic mass is 9.98. The van der Waals surface area contributed by atoms with Crippen LogP contribution in [0.1, 0.15) is 27.7 Å². The van der Waals surface area contributed by atoms with Crippen LogP contribution in [0.3, 0.4) is 0 Å². The highest BCUT2D eigenvalue weighted by Gasteiger charge is 2.53. The molecule has 1 aromatic carbocycles. The van der Waals surface area contributed by atoms with Gasteiger partial charge in [-0.25, -0.2) is 0 Å². The van der Waals surface area contributed by atoms with Gasteiger partial charge in [-0.3, -0.25) is 24.2 Å². The van der Waals surface area contributed by atoms with Crippen molar-refractivity contribution in [2.75, 3.05) is 6.61 Å². The number of esters is 4. The summed E-state index contributed by atoms with van der Waals surface area (Å²) in [6.45, 7) is 4.33. The molecule has 0 N–H and O–H groups in total. The number of nitrogens with zero attached hydrogens (tertiary/aromatic N) is 1. The predicted molar refractivity (Wildman–Crippen MR) is 114 cm³/mol. The summed E-state index contributed by atoms with van der Waals surface area (Å²) in [6, 6.07) is 8.77. The molecular weight excluding hydrogens is 450 g/mol. The Bertz CT molecular complexity index is 1070. The van der Waals surface area contributed by atoms with Gasteiger partial charge in [-0.1, -0.05) is 12.1 Å². The van der Waals surface area contributed by atoms with Crippen LogP contribution in [0, 0.1) is 0 Å². The van der Waals surface area contributed by atoms with Gasteiger partial charge in [0.2, 0.25) is 12.4 Å². The Labute approximate surface area is 195 Å². The minimum Gasteiger partial charge on any atom is -0.463 e. The zero-order valence-electron chi connectivity index (χ0n) is 19.1. The normalized spacial score (nSPS) is 24.1. The topological polar surface area (TPSA) is 137 Å². The smallest absolute Gasteiger partial charge is 0.303 e. The number of para-hydroxylation sites is 1. The van der Waals surface area contributed by atoms with E-state index >= 15 is 0 Å². The van der Waals surface area contributed by atoms with E-state index in [9.17, 15) is 19.2 Å². The number of rotatable bonds is 7. The van der Waals surface area contributed by atoms with Crippen molar-refractivity contribution < 1.29 is 47.6 Å². The number of aromatic nitrogens is 1. The first-order valence-corrected chi connectivity index (χ1v) is 10.5. The Morgan fingerprint density at radius 3 is 2.09 bits per heavy atom. The molecule has 1 saturated heterocycles. The zero-order chi connectivity index (χ0) is 24.8. The molecule has 0 aliphatic carbocycles. The summed E-state index contributed by atoms with van der Waals surface area (Å²) in [7, 11) is 0. The first kappa shape index (κ1) is 24.9. The molecule has 0 spiro atoms. The highest BCUT2D eigenvalue weighted by Crippen LogP contribution is 2.33. The van der Waals surface area contributed by atoms with Crippen molar-refractivity contribution in [1.82, 2.24) is 4.98 Å². The number of carbonyl (C=O) groups excluding carboxylic acids is 4. The standard InChI is InChI=1S/C23H25NO10/c1-12(25)29-11-19-20(30-13(2)26)21(31-14(3)27)22(32-15(4)28)23(34-19)33-18-9-10-24-17-8-6-5-7-16(17)18/h5-10,19-23H,11H2,1-4H3/t19-,20+,21+,22-,23+/m1/s1. The number of hydrogen-bond donors (Lipinski definition) is 0. The van der Waals surface area contributed by atoms with Crippen LogP contribution in [-0.2, 0) is 42.9 Å². The molecule has 1 aliphatic rings. The number of ether oxygens (including phenoxy) is 6. The maximum Gasteiger partial charge on any atom is 0.303 e. The van der Waals surface area contributed by atoms with E-state index in [4.69, 9.17) is 28.4 Å². The summed E-state index contributed by atoms with van der Waals surface area (Å²) in [6.07, 6.45) is -4.75. The van der Waals surface area contributed by atoms with Crippen molar-refractivity contribution in [1.29, 1.82) is 0 Å². The molecule has 0 amide bonds. The fourth-order valence-electron chi connectivity index (χ4n) is 3.58. The average molecular weight is 475 g/mol. The number of pyridine rings is 1. The number of carbonyl (C=O) groups is 4. The van der Waals surface area contributed by atoms with Crippen LogP contribution in [0.25, 0.3) is 10.9 Å². The predicted octanol–water partition coefficient (Wildman–Crippen LogP) is 1.70. The highest BCUT2D eigenvalue weighted by molar-refractivity contribution is 5.84. The summed E-state index contributed by atoms with van der Waals surface area (Å²) in [5.74, 6) is -2.39. The summed E-state index contributed by atoms with van der Waals surface area (Å²) in [4.78, 5) is 51.3. The molecule has 1 aliphatic heterocycles. The monoisotopic (exact) mass is 475 g/mol. The average Bonchev–Trinajstić information content (AvgIpc) is 2.75. The molecule has 0 radical (unpaired) electrons. The Kier molecular flexibility index (Phi) is 8.00. The summed E-state index contributed by atoms with van der Waals surface area (Å²) in [5.41, 5.74) is 0.644. The van der Waals surface area contributed by atoms with Crippen LogP contribution < -0.4 is 4.74 Å². The second-order valence-electron chi connectivity index (χ2n) is 7.51. The fourth-order valence-corrected chi connectivity index (χ4v) is 3.58. The van der Waals surface area contributed by atoms with E-state index in [-0.39, 0.29) is 6.61 Å². The molecule has 182 valence electrons. The Morgan fingerprint density at radius 2 is 1.44 bits per heavy atom. The van der Waals surface area contributed by atoms with Crippen molar-refractivity contribution in [3.8, 4) is 5.75 Å². The number of fused-ring (bicyclic) bond motifs is 1. The van der Waals surface area contributed by atoms with Crippen molar-refractivity contribution in [2.45, 2.75) is 58.4 Å². The summed E-state index contributed by atoms with van der Waals surface area (Å²) >= 11 is 0. The highest BCUT2D eigenvalue weighted by atomic mass is 16.7. The Balaban J connectivity index is 2.03. The van der Waals surface area contributed by atoms with Crippen LogP contribution in [0.4, 0.5) is 0 Å². The van der Waals surface area contributed by atoms with Crippen LogP contribution in [0.15, 0.2) is 36.5 Å². The van der Waals surface area contributed by atoms with Gasteiger partial charge >= 0.3 is 23.9 Å². The molecule has 0 bridgehead atoms. The largest absolute Gasteiger partial charge is 0.463 e. The molecule has 0 saturated carbocycles. The molecule has 1 aromatic heterocycles. The van der Waals surface area contributed by atoms with E-state index in [1.54, 1.807) is 24.3 Å². The maximum absolute atomic E-state index is 11.9. The third kappa shape index (κ3) is 6.19. The van der Waals surface area contributed by atoms with Gasteiger partial charge < -0.3 is 28.4 Å². The maximum atomic E-state index is 11.9. The Morgan fingerprint density at radius 1 is 0.824 bits per heavy atom. The minimum absolute atomic E-state index is 0.339. The van der Waals surface area contributed by atoms with Crippen molar-refractivity contribution in [3.05, 3.63) is 36.5 Å². The molecule has 1 fully saturated rings. The first-order chi connectivity index (χ1) is 16.2. The SMILES string of the molecule is CC(=O)OC[C@H]1O[C@H](Oc2ccnc3ccccc23)[C@H](OC(C)=O)[C@@H](OC(C)=O)[C@H]1OC(C)=O. The van der Waals surface area contributed by atoms with Crippen LogP contribution in [-0.4, -0.2) is 66.2 Å². The van der Waals surface area contributed by atoms with E-state index in [1.807, 2.05) is 6.07 Å². The van der Waals surface area contributed by atoms with Crippen LogP contribution in [0.5, 0.6) is 5.75 Å². The molecule has 2 heterocycles. The summed E-state index contributed by atoms with van der Waals surface area (Å²) < 4.78 is 33.3. The van der Waals surface area contributed by atoms with Gasteiger partial charge in [0.15, 0.2) is 12.2 Å². The lowest BCUT2D eigenvalue weighted by Crippen LogP contribution is -2.63. The third-order valence-electron chi connectivity index (χ3n) is 4.80. The molecule has 34 heavy (non-hydrogen) atoms. The van der Waals surface area contributed by atoms with Gasteiger partial charge in [-0.05, 0) is 18.2 Å². The van der Waals surface area contributed by atoms with Gasteiger partial charge in [-0.15, -0.1) is 0 Å². The van der Waals surface area contributed by atoms with Crippen LogP contribution in [0.2, 0.25) is 0 Å². The quantitative estimate of drug-likeness (QED) is 0.427. The van der Waals surface area contributed by atoms with E-state index in [1.165, 1.54) is 13.1 Å². The van der Waals surface area contributed by atoms with Crippen molar-refractivity contribution >= 4 is 34.8 Å². The molecule has 11 heteroatoms. The fraction of sp³-hybridized carbons (Fsp3) is 0.435. The number of hydrogen-bond acceptors (Lipinski definition) is 11. The van der Waals surface area contributed by atoms with Gasteiger partial charge in [0, 0.05) is 39.3 Å². The van der Waals surface area contributed by atoms with E-state index in [2.05, 4.69) is 4.98 Å². The first-order valence-electron chi connectivity index (χ1n) is 10.5. The summed E-state index contributed by atoms with van der Waals surface area (Å²) in [5, 5.41) is 0.651. The zero-order valence-corrected chi connectivity index (χ0v) is 19.1. The van der Waals surface area contributed by atoms with Gasteiger partial charge in [-0.2, -0.15) is 0 Å². The molecule has 2 aromatic rings. The molecule has 0 unspecified atom stereocenters. The number of benzene rings is 1. The molecule has 3 rings (SSSR count). The molecular formula is C23H25NO10. The lowest BCUT2D eigenvalue weighted by Gasteiger charge is -2.44. The second-order valence-corrected chi connectivity index (χ2v) is 7.51. The third-order valence-corrected chi connectivity index (χ3v) is 4.80. The van der Waals surface area contributed by atoms with Gasteiger partial charge in [0.25, 0.3) is 0 Å². The molecule has 5 atom stereocenters. The van der Waals surface area contributed by atoms with Crippen LogP contribution >= 0.6 is 0 Å². The van der Waals surface area contributed by atoms with Crippen molar-refractivity contribution in [3.63, 3.8) is 0 Å². The minimum atomic E-state index is -1.31.